The Morgan fingerprint density at radius 1 is 1.64 bits per heavy atom. The highest BCUT2D eigenvalue weighted by atomic mass is 16.4. The molecule has 0 aromatic rings. The molecule has 1 aliphatic rings. The van der Waals surface area contributed by atoms with Crippen molar-refractivity contribution in [3.8, 4) is 0 Å². The molecule has 2 atom stereocenters. The lowest BCUT2D eigenvalue weighted by Crippen LogP contribution is -2.35. The Kier molecular flexibility index (Phi) is 2.03. The fourth-order valence-corrected chi connectivity index (χ4v) is 1.39. The van der Waals surface area contributed by atoms with Gasteiger partial charge in [-0.2, -0.15) is 0 Å². The van der Waals surface area contributed by atoms with Crippen molar-refractivity contribution in [3.63, 3.8) is 0 Å². The largest absolute Gasteiger partial charge is 0.481 e. The smallest absolute Gasteiger partial charge is 0.309 e. The van der Waals surface area contributed by atoms with E-state index in [1.165, 1.54) is 0 Å². The van der Waals surface area contributed by atoms with E-state index in [4.69, 9.17) is 5.11 Å². The molecule has 1 aliphatic carbocycles. The van der Waals surface area contributed by atoms with Gasteiger partial charge < -0.3 is 5.11 Å². The lowest BCUT2D eigenvalue weighted by Gasteiger charge is -2.32. The first-order chi connectivity index (χ1) is 5.07. The average molecular weight is 154 g/mol. The van der Waals surface area contributed by atoms with E-state index >= 15 is 0 Å². The topological polar surface area (TPSA) is 37.3 Å². The van der Waals surface area contributed by atoms with E-state index in [0.717, 1.165) is 6.42 Å². The maximum absolute atomic E-state index is 10.9. The van der Waals surface area contributed by atoms with Crippen molar-refractivity contribution in [1.82, 2.24) is 0 Å². The number of hydrogen-bond acceptors (Lipinski definition) is 1. The molecular formula is C9H14O2. The monoisotopic (exact) mass is 154 g/mol. The highest BCUT2D eigenvalue weighted by Gasteiger charge is 2.38. The molecule has 0 radical (unpaired) electrons. The van der Waals surface area contributed by atoms with Gasteiger partial charge in [-0.1, -0.05) is 19.1 Å². The van der Waals surface area contributed by atoms with Gasteiger partial charge in [-0.15, -0.1) is 0 Å². The molecule has 0 saturated heterocycles. The van der Waals surface area contributed by atoms with Gasteiger partial charge in [0.2, 0.25) is 0 Å². The maximum Gasteiger partial charge on any atom is 0.309 e. The van der Waals surface area contributed by atoms with Gasteiger partial charge in [0.05, 0.1) is 5.41 Å². The first-order valence-electron chi connectivity index (χ1n) is 3.96. The number of carboxylic acid groups (broad SMARTS) is 1. The second-order valence-corrected chi connectivity index (χ2v) is 3.53. The van der Waals surface area contributed by atoms with Crippen molar-refractivity contribution < 1.29 is 9.90 Å². The van der Waals surface area contributed by atoms with E-state index in [-0.39, 0.29) is 5.92 Å². The van der Waals surface area contributed by atoms with Crippen molar-refractivity contribution in [2.45, 2.75) is 26.7 Å². The van der Waals surface area contributed by atoms with E-state index in [1.807, 2.05) is 19.9 Å². The predicted molar refractivity (Wildman–Crippen MR) is 43.3 cm³/mol. The van der Waals surface area contributed by atoms with Crippen LogP contribution in [0, 0.1) is 11.3 Å². The first kappa shape index (κ1) is 8.31. The summed E-state index contributed by atoms with van der Waals surface area (Å²) < 4.78 is 0. The number of aliphatic carboxylic acids is 1. The third-order valence-corrected chi connectivity index (χ3v) is 2.77. The molecular weight excluding hydrogens is 140 g/mol. The van der Waals surface area contributed by atoms with Crippen LogP contribution in [-0.2, 0) is 4.79 Å². The molecule has 1 N–H and O–H groups in total. The number of carbonyl (C=O) groups is 1. The molecule has 11 heavy (non-hydrogen) atoms. The highest BCUT2D eigenvalue weighted by molar-refractivity contribution is 5.75. The third kappa shape index (κ3) is 1.30. The molecule has 2 nitrogen and oxygen atoms in total. The SMILES string of the molecule is CC1CC=CCC1(C)C(=O)O. The van der Waals surface area contributed by atoms with E-state index < -0.39 is 11.4 Å². The van der Waals surface area contributed by atoms with Gasteiger partial charge in [-0.25, -0.2) is 0 Å². The Labute approximate surface area is 66.9 Å². The minimum Gasteiger partial charge on any atom is -0.481 e. The van der Waals surface area contributed by atoms with E-state index in [2.05, 4.69) is 6.08 Å². The number of carboxylic acids is 1. The van der Waals surface area contributed by atoms with Gasteiger partial charge in [-0.05, 0) is 25.7 Å². The summed E-state index contributed by atoms with van der Waals surface area (Å²) in [5, 5.41) is 8.93. The summed E-state index contributed by atoms with van der Waals surface area (Å²) >= 11 is 0. The Balaban J connectivity index is 2.84. The van der Waals surface area contributed by atoms with Gasteiger partial charge in [0.1, 0.15) is 0 Å². The van der Waals surface area contributed by atoms with E-state index in [1.54, 1.807) is 0 Å². The minimum atomic E-state index is -0.672. The van der Waals surface area contributed by atoms with Gasteiger partial charge in [0.25, 0.3) is 0 Å². The summed E-state index contributed by atoms with van der Waals surface area (Å²) in [4.78, 5) is 10.9. The van der Waals surface area contributed by atoms with Gasteiger partial charge in [0.15, 0.2) is 0 Å². The Hall–Kier alpha value is -0.790. The zero-order valence-electron chi connectivity index (χ0n) is 7.00. The Morgan fingerprint density at radius 2 is 2.27 bits per heavy atom. The summed E-state index contributed by atoms with van der Waals surface area (Å²) in [5.74, 6) is -0.417. The standard InChI is InChI=1S/C9H14O2/c1-7-5-3-4-6-9(7,2)8(10)11/h3-4,7H,5-6H2,1-2H3,(H,10,11). The van der Waals surface area contributed by atoms with Crippen molar-refractivity contribution in [1.29, 1.82) is 0 Å². The summed E-state index contributed by atoms with van der Waals surface area (Å²) in [5.41, 5.74) is -0.533. The summed E-state index contributed by atoms with van der Waals surface area (Å²) in [6.07, 6.45) is 5.59. The number of allylic oxidation sites excluding steroid dienone is 2. The van der Waals surface area contributed by atoms with Crippen molar-refractivity contribution >= 4 is 5.97 Å². The van der Waals surface area contributed by atoms with Gasteiger partial charge >= 0.3 is 5.97 Å². The summed E-state index contributed by atoms with van der Waals surface area (Å²) in [6, 6.07) is 0. The number of hydrogen-bond donors (Lipinski definition) is 1. The second-order valence-electron chi connectivity index (χ2n) is 3.53. The van der Waals surface area contributed by atoms with Crippen LogP contribution < -0.4 is 0 Å². The molecule has 2 unspecified atom stereocenters. The molecule has 0 aromatic heterocycles. The van der Waals surface area contributed by atoms with Crippen LogP contribution in [0.4, 0.5) is 0 Å². The molecule has 0 aliphatic heterocycles. The van der Waals surface area contributed by atoms with Crippen molar-refractivity contribution in [2.75, 3.05) is 0 Å². The normalized spacial score (nSPS) is 37.1. The van der Waals surface area contributed by atoms with Crippen molar-refractivity contribution in [3.05, 3.63) is 12.2 Å². The Bertz CT molecular complexity index is 196. The quantitative estimate of drug-likeness (QED) is 0.587. The molecule has 1 rings (SSSR count). The summed E-state index contributed by atoms with van der Waals surface area (Å²) in [7, 11) is 0. The van der Waals surface area contributed by atoms with Crippen LogP contribution in [0.3, 0.4) is 0 Å². The first-order valence-corrected chi connectivity index (χ1v) is 3.96. The fourth-order valence-electron chi connectivity index (χ4n) is 1.39. The van der Waals surface area contributed by atoms with Crippen LogP contribution in [0.25, 0.3) is 0 Å². The lowest BCUT2D eigenvalue weighted by atomic mass is 9.71. The molecule has 62 valence electrons. The molecule has 2 heteroatoms. The predicted octanol–water partition coefficient (Wildman–Crippen LogP) is 2.06. The minimum absolute atomic E-state index is 0.255. The van der Waals surface area contributed by atoms with Crippen molar-refractivity contribution in [2.24, 2.45) is 11.3 Å². The van der Waals surface area contributed by atoms with Crippen LogP contribution in [0.5, 0.6) is 0 Å². The molecule has 0 amide bonds. The zero-order valence-corrected chi connectivity index (χ0v) is 7.00. The van der Waals surface area contributed by atoms with E-state index in [9.17, 15) is 4.79 Å². The summed E-state index contributed by atoms with van der Waals surface area (Å²) in [6.45, 7) is 3.82. The van der Waals surface area contributed by atoms with Gasteiger partial charge in [0, 0.05) is 0 Å². The van der Waals surface area contributed by atoms with Crippen LogP contribution >= 0.6 is 0 Å². The maximum atomic E-state index is 10.9. The number of rotatable bonds is 1. The lowest BCUT2D eigenvalue weighted by molar-refractivity contribution is -0.151. The highest BCUT2D eigenvalue weighted by Crippen LogP contribution is 2.37. The van der Waals surface area contributed by atoms with Crippen LogP contribution in [0.2, 0.25) is 0 Å². The van der Waals surface area contributed by atoms with Crippen LogP contribution in [0.15, 0.2) is 12.2 Å². The van der Waals surface area contributed by atoms with E-state index in [0.29, 0.717) is 6.42 Å². The van der Waals surface area contributed by atoms with Gasteiger partial charge in [-0.3, -0.25) is 4.79 Å². The molecule has 0 saturated carbocycles. The molecule has 0 fully saturated rings. The molecule has 0 aromatic carbocycles. The second kappa shape index (κ2) is 2.68. The van der Waals surface area contributed by atoms with Crippen LogP contribution in [0.1, 0.15) is 26.7 Å². The fraction of sp³-hybridized carbons (Fsp3) is 0.667. The molecule has 0 bridgehead atoms. The average Bonchev–Trinajstić information content (AvgIpc) is 1.95. The molecule has 0 spiro atoms. The Morgan fingerprint density at radius 3 is 2.64 bits per heavy atom. The molecule has 0 heterocycles. The zero-order chi connectivity index (χ0) is 8.48. The third-order valence-electron chi connectivity index (χ3n) is 2.77. The van der Waals surface area contributed by atoms with Crippen LogP contribution in [-0.4, -0.2) is 11.1 Å².